The van der Waals surface area contributed by atoms with Crippen molar-refractivity contribution < 1.29 is 12.8 Å². The second-order valence-electron chi connectivity index (χ2n) is 2.27. The molecule has 1 aromatic rings. The number of hydrogen-bond donors (Lipinski definition) is 2. The Hall–Kier alpha value is -0.850. The topological polar surface area (TPSA) is 72.2 Å². The average Bonchev–Trinajstić information content (AvgIpc) is 1.93. The van der Waals surface area contributed by atoms with E-state index in [1.165, 1.54) is 12.1 Å². The number of hydrogen-bond acceptors (Lipinski definition) is 2. The highest BCUT2D eigenvalue weighted by molar-refractivity contribution is 7.90. The van der Waals surface area contributed by atoms with Crippen molar-refractivity contribution in [3.05, 3.63) is 29.0 Å². The fraction of sp³-hybridized carbons (Fsp3) is 0. The monoisotopic (exact) mass is 224 g/mol. The van der Waals surface area contributed by atoms with E-state index in [2.05, 4.69) is 5.14 Å². The van der Waals surface area contributed by atoms with Crippen LogP contribution in [-0.2, 0) is 10.2 Å². The molecule has 1 aromatic carbocycles. The lowest BCUT2D eigenvalue weighted by Crippen LogP contribution is -2.22. The van der Waals surface area contributed by atoms with Crippen molar-refractivity contribution in [1.82, 2.24) is 0 Å². The summed E-state index contributed by atoms with van der Waals surface area (Å²) in [4.78, 5) is 0. The van der Waals surface area contributed by atoms with Gasteiger partial charge in [0.15, 0.2) is 0 Å². The normalized spacial score (nSPS) is 11.3. The first-order valence-corrected chi connectivity index (χ1v) is 5.06. The zero-order valence-electron chi connectivity index (χ0n) is 6.29. The molecule has 13 heavy (non-hydrogen) atoms. The molecule has 3 N–H and O–H groups in total. The van der Waals surface area contributed by atoms with Gasteiger partial charge in [-0.15, -0.1) is 0 Å². The Morgan fingerprint density at radius 2 is 2.08 bits per heavy atom. The number of anilines is 1. The summed E-state index contributed by atoms with van der Waals surface area (Å²) in [6, 6.07) is 3.51. The number of halogens is 2. The zero-order chi connectivity index (χ0) is 10.1. The van der Waals surface area contributed by atoms with Crippen molar-refractivity contribution in [3.8, 4) is 0 Å². The van der Waals surface area contributed by atoms with E-state index in [9.17, 15) is 12.8 Å². The van der Waals surface area contributed by atoms with Crippen LogP contribution in [0.15, 0.2) is 18.2 Å². The summed E-state index contributed by atoms with van der Waals surface area (Å²) in [6.45, 7) is 0. The predicted octanol–water partition coefficient (Wildman–Crippen LogP) is 1.09. The summed E-state index contributed by atoms with van der Waals surface area (Å²) in [5.74, 6) is -0.776. The van der Waals surface area contributed by atoms with Gasteiger partial charge in [-0.2, -0.15) is 8.42 Å². The van der Waals surface area contributed by atoms with E-state index < -0.39 is 16.0 Å². The summed E-state index contributed by atoms with van der Waals surface area (Å²) in [6.07, 6.45) is 0. The quantitative estimate of drug-likeness (QED) is 0.790. The number of nitrogens with two attached hydrogens (primary N) is 1. The first-order chi connectivity index (χ1) is 5.88. The van der Waals surface area contributed by atoms with Crippen LogP contribution < -0.4 is 9.86 Å². The van der Waals surface area contributed by atoms with Crippen molar-refractivity contribution in [1.29, 1.82) is 0 Å². The Bertz CT molecular complexity index is 421. The van der Waals surface area contributed by atoms with E-state index in [0.717, 1.165) is 6.07 Å². The fourth-order valence-corrected chi connectivity index (χ4v) is 1.36. The van der Waals surface area contributed by atoms with Crippen molar-refractivity contribution in [2.24, 2.45) is 5.14 Å². The highest BCUT2D eigenvalue weighted by atomic mass is 35.5. The van der Waals surface area contributed by atoms with Crippen LogP contribution in [0.25, 0.3) is 0 Å². The standard InChI is InChI=1S/C6H6ClFN2O2S/c7-4-1-2-6(5(8)3-4)10-13(9,11)12/h1-3,10H,(H2,9,11,12). The molecular formula is C6H6ClFN2O2S. The molecule has 0 aliphatic heterocycles. The van der Waals surface area contributed by atoms with Gasteiger partial charge in [-0.3, -0.25) is 4.72 Å². The van der Waals surface area contributed by atoms with Crippen LogP contribution in [0, 0.1) is 5.82 Å². The van der Waals surface area contributed by atoms with Crippen LogP contribution in [0.1, 0.15) is 0 Å². The molecule has 7 heteroatoms. The Labute approximate surface area is 79.7 Å². The predicted molar refractivity (Wildman–Crippen MR) is 48.1 cm³/mol. The molecule has 0 aliphatic carbocycles. The van der Waals surface area contributed by atoms with Gasteiger partial charge in [-0.25, -0.2) is 9.53 Å². The fourth-order valence-electron chi connectivity index (χ4n) is 0.726. The Morgan fingerprint density at radius 3 is 2.54 bits per heavy atom. The molecule has 0 saturated carbocycles. The Morgan fingerprint density at radius 1 is 1.46 bits per heavy atom. The van der Waals surface area contributed by atoms with Gasteiger partial charge in [0.25, 0.3) is 10.2 Å². The first-order valence-electron chi connectivity index (χ1n) is 3.14. The van der Waals surface area contributed by atoms with Crippen molar-refractivity contribution in [2.75, 3.05) is 4.72 Å². The number of nitrogens with one attached hydrogen (secondary N) is 1. The minimum Gasteiger partial charge on any atom is -0.268 e. The second-order valence-corrected chi connectivity index (χ2v) is 4.00. The molecule has 0 fully saturated rings. The van der Waals surface area contributed by atoms with Gasteiger partial charge in [-0.1, -0.05) is 11.6 Å². The smallest absolute Gasteiger partial charge is 0.268 e. The van der Waals surface area contributed by atoms with Gasteiger partial charge >= 0.3 is 0 Å². The summed E-state index contributed by atoms with van der Waals surface area (Å²) in [5, 5.41) is 4.81. The minimum atomic E-state index is -3.95. The summed E-state index contributed by atoms with van der Waals surface area (Å²) >= 11 is 5.44. The third-order valence-electron chi connectivity index (χ3n) is 1.18. The highest BCUT2D eigenvalue weighted by Gasteiger charge is 2.07. The van der Waals surface area contributed by atoms with Gasteiger partial charge in [0.05, 0.1) is 5.69 Å². The molecule has 72 valence electrons. The summed E-state index contributed by atoms with van der Waals surface area (Å²) in [7, 11) is -3.95. The molecule has 0 aliphatic rings. The minimum absolute atomic E-state index is 0.178. The molecule has 0 aromatic heterocycles. The molecule has 0 heterocycles. The van der Waals surface area contributed by atoms with Crippen LogP contribution in [0.4, 0.5) is 10.1 Å². The van der Waals surface area contributed by atoms with E-state index in [0.29, 0.717) is 0 Å². The molecule has 0 radical (unpaired) electrons. The summed E-state index contributed by atoms with van der Waals surface area (Å²) < 4.78 is 35.7. The number of rotatable bonds is 2. The summed E-state index contributed by atoms with van der Waals surface area (Å²) in [5.41, 5.74) is -0.230. The van der Waals surface area contributed by atoms with Crippen molar-refractivity contribution in [3.63, 3.8) is 0 Å². The number of benzene rings is 1. The molecule has 0 spiro atoms. The zero-order valence-corrected chi connectivity index (χ0v) is 7.86. The Balaban J connectivity index is 3.04. The maximum Gasteiger partial charge on any atom is 0.296 e. The molecule has 0 atom stereocenters. The molecule has 1 rings (SSSR count). The van der Waals surface area contributed by atoms with Crippen molar-refractivity contribution in [2.45, 2.75) is 0 Å². The van der Waals surface area contributed by atoms with Crippen LogP contribution in [-0.4, -0.2) is 8.42 Å². The maximum atomic E-state index is 12.9. The second kappa shape index (κ2) is 3.49. The largest absolute Gasteiger partial charge is 0.296 e. The van der Waals surface area contributed by atoms with Gasteiger partial charge in [0, 0.05) is 5.02 Å². The average molecular weight is 225 g/mol. The molecule has 0 saturated heterocycles. The Kier molecular flexibility index (Phi) is 2.74. The first kappa shape index (κ1) is 10.2. The van der Waals surface area contributed by atoms with E-state index in [-0.39, 0.29) is 10.7 Å². The molecule has 0 unspecified atom stereocenters. The van der Waals surface area contributed by atoms with E-state index in [4.69, 9.17) is 11.6 Å². The van der Waals surface area contributed by atoms with E-state index in [1.807, 2.05) is 0 Å². The molecule has 0 amide bonds. The van der Waals surface area contributed by atoms with Gasteiger partial charge in [0.2, 0.25) is 0 Å². The molecule has 0 bridgehead atoms. The SMILES string of the molecule is NS(=O)(=O)Nc1ccc(Cl)cc1F. The van der Waals surface area contributed by atoms with Crippen LogP contribution in [0.5, 0.6) is 0 Å². The lowest BCUT2D eigenvalue weighted by molar-refractivity contribution is 0.600. The third kappa shape index (κ3) is 3.17. The van der Waals surface area contributed by atoms with Crippen molar-refractivity contribution >= 4 is 27.5 Å². The third-order valence-corrected chi connectivity index (χ3v) is 1.92. The maximum absolute atomic E-state index is 12.9. The lowest BCUT2D eigenvalue weighted by Gasteiger charge is -2.04. The van der Waals surface area contributed by atoms with Crippen LogP contribution >= 0.6 is 11.6 Å². The van der Waals surface area contributed by atoms with Crippen LogP contribution in [0.2, 0.25) is 5.02 Å². The van der Waals surface area contributed by atoms with Gasteiger partial charge in [-0.05, 0) is 18.2 Å². The molecule has 4 nitrogen and oxygen atoms in total. The van der Waals surface area contributed by atoms with E-state index >= 15 is 0 Å². The van der Waals surface area contributed by atoms with E-state index in [1.54, 1.807) is 4.72 Å². The molecular weight excluding hydrogens is 219 g/mol. The van der Waals surface area contributed by atoms with Gasteiger partial charge in [0.1, 0.15) is 5.82 Å². The van der Waals surface area contributed by atoms with Gasteiger partial charge < -0.3 is 0 Å². The highest BCUT2D eigenvalue weighted by Crippen LogP contribution is 2.18. The van der Waals surface area contributed by atoms with Crippen LogP contribution in [0.3, 0.4) is 0 Å². The lowest BCUT2D eigenvalue weighted by atomic mass is 10.3.